The van der Waals surface area contributed by atoms with Gasteiger partial charge in [-0.15, -0.1) is 0 Å². The van der Waals surface area contributed by atoms with Crippen LogP contribution in [0.25, 0.3) is 5.69 Å². The third kappa shape index (κ3) is 2.16. The SMILES string of the molecule is COc1cc(Cl)c(C)cc1-n1c(O)c(F)c(=O)[nH]c1=O. The van der Waals surface area contributed by atoms with Crippen LogP contribution in [0.4, 0.5) is 4.39 Å². The summed E-state index contributed by atoms with van der Waals surface area (Å²) >= 11 is 5.93. The van der Waals surface area contributed by atoms with Crippen LogP contribution in [0, 0.1) is 12.7 Å². The van der Waals surface area contributed by atoms with Crippen LogP contribution in [0.1, 0.15) is 5.56 Å². The molecule has 20 heavy (non-hydrogen) atoms. The molecule has 106 valence electrons. The van der Waals surface area contributed by atoms with Crippen LogP contribution in [0.3, 0.4) is 0 Å². The molecule has 0 aliphatic heterocycles. The minimum absolute atomic E-state index is 0.0621. The van der Waals surface area contributed by atoms with Gasteiger partial charge in [-0.25, -0.2) is 9.36 Å². The Morgan fingerprint density at radius 2 is 2.05 bits per heavy atom. The van der Waals surface area contributed by atoms with Crippen molar-refractivity contribution in [1.29, 1.82) is 0 Å². The van der Waals surface area contributed by atoms with Gasteiger partial charge < -0.3 is 9.84 Å². The summed E-state index contributed by atoms with van der Waals surface area (Å²) in [6, 6.07) is 2.85. The molecule has 0 fully saturated rings. The molecule has 0 saturated carbocycles. The average Bonchev–Trinajstić information content (AvgIpc) is 2.40. The first-order chi connectivity index (χ1) is 9.36. The van der Waals surface area contributed by atoms with E-state index in [1.165, 1.54) is 19.2 Å². The van der Waals surface area contributed by atoms with E-state index in [0.717, 1.165) is 0 Å². The summed E-state index contributed by atoms with van der Waals surface area (Å²) in [6.45, 7) is 1.66. The zero-order chi connectivity index (χ0) is 15.0. The van der Waals surface area contributed by atoms with Crippen molar-refractivity contribution in [3.05, 3.63) is 49.4 Å². The number of aromatic hydroxyl groups is 1. The fraction of sp³-hybridized carbons (Fsp3) is 0.167. The fourth-order valence-corrected chi connectivity index (χ4v) is 1.87. The Bertz CT molecular complexity index is 797. The van der Waals surface area contributed by atoms with E-state index in [-0.39, 0.29) is 11.4 Å². The molecule has 2 aromatic rings. The molecule has 8 heteroatoms. The fourth-order valence-electron chi connectivity index (χ4n) is 1.71. The van der Waals surface area contributed by atoms with Gasteiger partial charge in [-0.05, 0) is 18.6 Å². The minimum Gasteiger partial charge on any atom is -0.494 e. The first-order valence-corrected chi connectivity index (χ1v) is 5.83. The monoisotopic (exact) mass is 300 g/mol. The van der Waals surface area contributed by atoms with E-state index < -0.39 is 22.9 Å². The molecule has 0 aliphatic rings. The first-order valence-electron chi connectivity index (χ1n) is 5.45. The Morgan fingerprint density at radius 3 is 2.65 bits per heavy atom. The van der Waals surface area contributed by atoms with E-state index in [9.17, 15) is 19.1 Å². The number of methoxy groups -OCH3 is 1. The molecule has 0 bridgehead atoms. The number of H-pyrrole nitrogens is 1. The van der Waals surface area contributed by atoms with E-state index in [1.807, 2.05) is 0 Å². The van der Waals surface area contributed by atoms with Crippen LogP contribution in [-0.2, 0) is 0 Å². The molecule has 0 unspecified atom stereocenters. The number of nitrogens with one attached hydrogen (secondary N) is 1. The maximum Gasteiger partial charge on any atom is 0.336 e. The number of aromatic amines is 1. The number of nitrogens with zero attached hydrogens (tertiary/aromatic N) is 1. The summed E-state index contributed by atoms with van der Waals surface area (Å²) in [6.07, 6.45) is 0. The molecular weight excluding hydrogens is 291 g/mol. The van der Waals surface area contributed by atoms with E-state index in [0.29, 0.717) is 15.2 Å². The second-order valence-electron chi connectivity index (χ2n) is 4.01. The van der Waals surface area contributed by atoms with Crippen molar-refractivity contribution in [3.8, 4) is 17.3 Å². The Labute approximate surface area is 117 Å². The lowest BCUT2D eigenvalue weighted by atomic mass is 10.2. The van der Waals surface area contributed by atoms with Crippen LogP contribution < -0.4 is 16.0 Å². The summed E-state index contributed by atoms with van der Waals surface area (Å²) < 4.78 is 19.1. The van der Waals surface area contributed by atoms with Crippen LogP contribution in [-0.4, -0.2) is 21.8 Å². The number of aryl methyl sites for hydroxylation is 1. The van der Waals surface area contributed by atoms with Crippen molar-refractivity contribution in [2.75, 3.05) is 7.11 Å². The van der Waals surface area contributed by atoms with Crippen molar-refractivity contribution >= 4 is 11.6 Å². The van der Waals surface area contributed by atoms with Crippen molar-refractivity contribution in [2.24, 2.45) is 0 Å². The molecule has 1 aromatic carbocycles. The highest BCUT2D eigenvalue weighted by Crippen LogP contribution is 2.30. The van der Waals surface area contributed by atoms with Crippen LogP contribution in [0.2, 0.25) is 5.02 Å². The third-order valence-electron chi connectivity index (χ3n) is 2.73. The van der Waals surface area contributed by atoms with Gasteiger partial charge in [-0.3, -0.25) is 9.78 Å². The second-order valence-corrected chi connectivity index (χ2v) is 4.41. The zero-order valence-electron chi connectivity index (χ0n) is 10.5. The topological polar surface area (TPSA) is 84.3 Å². The summed E-state index contributed by atoms with van der Waals surface area (Å²) in [5.74, 6) is -2.41. The lowest BCUT2D eigenvalue weighted by Crippen LogP contribution is -2.31. The predicted molar refractivity (Wildman–Crippen MR) is 70.6 cm³/mol. The summed E-state index contributed by atoms with van der Waals surface area (Å²) in [5.41, 5.74) is -1.64. The van der Waals surface area contributed by atoms with Crippen molar-refractivity contribution in [2.45, 2.75) is 6.92 Å². The number of ether oxygens (including phenoxy) is 1. The Hall–Kier alpha value is -2.28. The molecule has 0 saturated heterocycles. The quantitative estimate of drug-likeness (QED) is 0.876. The molecule has 0 spiro atoms. The van der Waals surface area contributed by atoms with Crippen LogP contribution in [0.5, 0.6) is 11.6 Å². The average molecular weight is 301 g/mol. The predicted octanol–water partition coefficient (Wildman–Crippen LogP) is 1.34. The van der Waals surface area contributed by atoms with Crippen molar-refractivity contribution in [3.63, 3.8) is 0 Å². The number of benzene rings is 1. The Kier molecular flexibility index (Phi) is 3.54. The highest BCUT2D eigenvalue weighted by atomic mass is 35.5. The molecule has 0 aliphatic carbocycles. The summed E-state index contributed by atoms with van der Waals surface area (Å²) in [7, 11) is 1.33. The molecule has 2 N–H and O–H groups in total. The van der Waals surface area contributed by atoms with Gasteiger partial charge in [0.15, 0.2) is 0 Å². The second kappa shape index (κ2) is 5.01. The van der Waals surface area contributed by atoms with Gasteiger partial charge >= 0.3 is 5.69 Å². The lowest BCUT2D eigenvalue weighted by Gasteiger charge is -2.14. The smallest absolute Gasteiger partial charge is 0.336 e. The normalized spacial score (nSPS) is 10.6. The lowest BCUT2D eigenvalue weighted by molar-refractivity contribution is 0.377. The molecule has 0 amide bonds. The molecule has 2 rings (SSSR count). The Balaban J connectivity index is 2.88. The van der Waals surface area contributed by atoms with E-state index >= 15 is 0 Å². The molecular formula is C12H10ClFN2O4. The number of hydrogen-bond donors (Lipinski definition) is 2. The van der Waals surface area contributed by atoms with Gasteiger partial charge in [0.25, 0.3) is 5.56 Å². The summed E-state index contributed by atoms with van der Waals surface area (Å²) in [4.78, 5) is 24.6. The maximum absolute atomic E-state index is 13.5. The van der Waals surface area contributed by atoms with Gasteiger partial charge in [0.1, 0.15) is 5.75 Å². The maximum atomic E-state index is 13.5. The van der Waals surface area contributed by atoms with Gasteiger partial charge in [-0.2, -0.15) is 4.39 Å². The highest BCUT2D eigenvalue weighted by Gasteiger charge is 2.19. The molecule has 0 atom stereocenters. The van der Waals surface area contributed by atoms with Crippen LogP contribution >= 0.6 is 11.6 Å². The van der Waals surface area contributed by atoms with Crippen LogP contribution in [0.15, 0.2) is 21.7 Å². The molecule has 1 aromatic heterocycles. The minimum atomic E-state index is -1.46. The van der Waals surface area contributed by atoms with E-state index in [4.69, 9.17) is 16.3 Å². The highest BCUT2D eigenvalue weighted by molar-refractivity contribution is 6.31. The van der Waals surface area contributed by atoms with E-state index in [1.54, 1.807) is 11.9 Å². The standard InChI is InChI=1S/C12H10ClFN2O4/c1-5-3-7(8(20-2)4-6(5)13)16-11(18)9(14)10(17)15-12(16)19/h3-4,18H,1-2H3,(H,15,17,19). The first kappa shape index (κ1) is 14.1. The largest absolute Gasteiger partial charge is 0.494 e. The third-order valence-corrected chi connectivity index (χ3v) is 3.14. The summed E-state index contributed by atoms with van der Waals surface area (Å²) in [5, 5.41) is 10.1. The Morgan fingerprint density at radius 1 is 1.40 bits per heavy atom. The van der Waals surface area contributed by atoms with Crippen molar-refractivity contribution in [1.82, 2.24) is 9.55 Å². The van der Waals surface area contributed by atoms with Crippen molar-refractivity contribution < 1.29 is 14.2 Å². The number of hydrogen-bond acceptors (Lipinski definition) is 4. The number of aromatic nitrogens is 2. The van der Waals surface area contributed by atoms with Gasteiger partial charge in [0, 0.05) is 11.1 Å². The molecule has 0 radical (unpaired) electrons. The van der Waals surface area contributed by atoms with Gasteiger partial charge in [0.05, 0.1) is 12.8 Å². The van der Waals surface area contributed by atoms with Gasteiger partial charge in [-0.1, -0.05) is 11.6 Å². The molecule has 1 heterocycles. The van der Waals surface area contributed by atoms with Gasteiger partial charge in [0.2, 0.25) is 11.7 Å². The molecule has 6 nitrogen and oxygen atoms in total. The number of halogens is 2. The zero-order valence-corrected chi connectivity index (χ0v) is 11.3. The van der Waals surface area contributed by atoms with E-state index in [2.05, 4.69) is 0 Å². The number of rotatable bonds is 2.